The highest BCUT2D eigenvalue weighted by Crippen LogP contribution is 2.23. The van der Waals surface area contributed by atoms with Crippen LogP contribution in [0.25, 0.3) is 0 Å². The number of nitrogens with one attached hydrogen (secondary N) is 1. The van der Waals surface area contributed by atoms with Crippen molar-refractivity contribution < 1.29 is 19.1 Å². The predicted molar refractivity (Wildman–Crippen MR) is 88.9 cm³/mol. The van der Waals surface area contributed by atoms with Crippen LogP contribution >= 0.6 is 0 Å². The Bertz CT molecular complexity index is 653. The number of likely N-dealkylation sites (tertiary alicyclic amines) is 1. The lowest BCUT2D eigenvalue weighted by Gasteiger charge is -2.29. The van der Waals surface area contributed by atoms with Crippen LogP contribution in [0.1, 0.15) is 32.3 Å². The lowest BCUT2D eigenvalue weighted by molar-refractivity contribution is -0.222. The highest BCUT2D eigenvalue weighted by atomic mass is 16.7. The summed E-state index contributed by atoms with van der Waals surface area (Å²) >= 11 is 0. The van der Waals surface area contributed by atoms with E-state index in [9.17, 15) is 9.59 Å². The Labute approximate surface area is 141 Å². The van der Waals surface area contributed by atoms with Gasteiger partial charge in [-0.05, 0) is 43.6 Å². The number of nitrogens with zero attached hydrogens (tertiary/aromatic N) is 1. The van der Waals surface area contributed by atoms with E-state index in [4.69, 9.17) is 9.47 Å². The molecule has 0 radical (unpaired) electrons. The van der Waals surface area contributed by atoms with E-state index in [0.29, 0.717) is 0 Å². The van der Waals surface area contributed by atoms with Crippen LogP contribution in [0.3, 0.4) is 0 Å². The minimum absolute atomic E-state index is 0.140. The van der Waals surface area contributed by atoms with Crippen molar-refractivity contribution in [3.63, 3.8) is 0 Å². The van der Waals surface area contributed by atoms with Crippen LogP contribution < -0.4 is 5.32 Å². The molecular formula is C18H22N2O4. The minimum atomic E-state index is -1.22. The normalized spacial score (nSPS) is 20.5. The summed E-state index contributed by atoms with van der Waals surface area (Å²) in [5, 5.41) is 2.99. The molecule has 6 nitrogen and oxygen atoms in total. The van der Waals surface area contributed by atoms with Crippen molar-refractivity contribution in [3.05, 3.63) is 41.6 Å². The molecule has 0 atom stereocenters. The molecule has 0 amide bonds. The smallest absolute Gasteiger partial charge is 0.350 e. The molecule has 2 heterocycles. The first-order valence-corrected chi connectivity index (χ1v) is 8.18. The first-order valence-electron chi connectivity index (χ1n) is 8.18. The lowest BCUT2D eigenvalue weighted by Crippen LogP contribution is -2.42. The number of ether oxygens (including phenoxy) is 2. The number of rotatable bonds is 4. The summed E-state index contributed by atoms with van der Waals surface area (Å²) in [7, 11) is 0. The third-order valence-electron chi connectivity index (χ3n) is 4.03. The summed E-state index contributed by atoms with van der Waals surface area (Å²) in [6.07, 6.45) is 3.85. The molecule has 1 N–H and O–H groups in total. The number of benzene rings is 1. The van der Waals surface area contributed by atoms with Gasteiger partial charge in [0.05, 0.1) is 0 Å². The zero-order chi connectivity index (χ0) is 17.2. The average Bonchev–Trinajstić information content (AvgIpc) is 2.98. The van der Waals surface area contributed by atoms with Gasteiger partial charge >= 0.3 is 11.9 Å². The van der Waals surface area contributed by atoms with E-state index in [1.54, 1.807) is 0 Å². The van der Waals surface area contributed by atoms with Crippen LogP contribution in [0.5, 0.6) is 0 Å². The molecule has 2 saturated heterocycles. The quantitative estimate of drug-likeness (QED) is 0.519. The first kappa shape index (κ1) is 16.5. The molecule has 2 aliphatic rings. The van der Waals surface area contributed by atoms with Crippen molar-refractivity contribution in [2.24, 2.45) is 0 Å². The number of carbonyl (C=O) groups is 2. The molecule has 1 aromatic rings. The van der Waals surface area contributed by atoms with Gasteiger partial charge in [0.2, 0.25) is 0 Å². The fraction of sp³-hybridized carbons (Fsp3) is 0.444. The maximum Gasteiger partial charge on any atom is 0.350 e. The van der Waals surface area contributed by atoms with Crippen LogP contribution in [0.2, 0.25) is 0 Å². The molecule has 128 valence electrons. The Kier molecular flexibility index (Phi) is 4.57. The molecule has 0 spiro atoms. The first-order chi connectivity index (χ1) is 11.4. The van der Waals surface area contributed by atoms with Crippen molar-refractivity contribution in [1.82, 2.24) is 4.90 Å². The van der Waals surface area contributed by atoms with E-state index < -0.39 is 17.7 Å². The van der Waals surface area contributed by atoms with Crippen LogP contribution in [-0.2, 0) is 25.6 Å². The van der Waals surface area contributed by atoms with Crippen LogP contribution in [0.15, 0.2) is 36.0 Å². The second kappa shape index (κ2) is 6.65. The number of hydrogen-bond acceptors (Lipinski definition) is 6. The molecule has 6 heteroatoms. The monoisotopic (exact) mass is 330 g/mol. The summed E-state index contributed by atoms with van der Waals surface area (Å²) in [6, 6.07) is 7.92. The van der Waals surface area contributed by atoms with Gasteiger partial charge < -0.3 is 14.8 Å². The molecule has 24 heavy (non-hydrogen) atoms. The maximum atomic E-state index is 11.9. The van der Waals surface area contributed by atoms with Crippen molar-refractivity contribution in [2.75, 3.05) is 18.4 Å². The second-order valence-corrected chi connectivity index (χ2v) is 6.56. The zero-order valence-corrected chi connectivity index (χ0v) is 14.0. The van der Waals surface area contributed by atoms with Gasteiger partial charge in [-0.15, -0.1) is 0 Å². The average molecular weight is 330 g/mol. The largest absolute Gasteiger partial charge is 0.419 e. The van der Waals surface area contributed by atoms with E-state index in [2.05, 4.69) is 16.3 Å². The Morgan fingerprint density at radius 1 is 1.17 bits per heavy atom. The van der Waals surface area contributed by atoms with E-state index in [1.165, 1.54) is 38.5 Å². The predicted octanol–water partition coefficient (Wildman–Crippen LogP) is 2.41. The van der Waals surface area contributed by atoms with E-state index >= 15 is 0 Å². The standard InChI is InChI=1S/C18H22N2O4/c1-18(2)23-16(21)15(17(22)24-18)11-19-14-7-5-6-13(10-14)12-20-8-3-4-9-20/h5-7,10-11,19H,3-4,8-9,12H2,1-2H3. The van der Waals surface area contributed by atoms with Gasteiger partial charge in [0.1, 0.15) is 0 Å². The SMILES string of the molecule is CC1(C)OC(=O)C(=CNc2cccc(CN3CCCC3)c2)C(=O)O1. The van der Waals surface area contributed by atoms with Crippen LogP contribution in [-0.4, -0.2) is 35.7 Å². The van der Waals surface area contributed by atoms with E-state index in [-0.39, 0.29) is 5.57 Å². The third kappa shape index (κ3) is 3.94. The highest BCUT2D eigenvalue weighted by molar-refractivity contribution is 6.15. The number of hydrogen-bond donors (Lipinski definition) is 1. The van der Waals surface area contributed by atoms with Crippen LogP contribution in [0.4, 0.5) is 5.69 Å². The zero-order valence-electron chi connectivity index (χ0n) is 14.0. The highest BCUT2D eigenvalue weighted by Gasteiger charge is 2.38. The van der Waals surface area contributed by atoms with Gasteiger partial charge in [-0.2, -0.15) is 0 Å². The van der Waals surface area contributed by atoms with Gasteiger partial charge in [0.15, 0.2) is 5.57 Å². The molecule has 0 aromatic heterocycles. The summed E-state index contributed by atoms with van der Waals surface area (Å²) < 4.78 is 10.1. The summed E-state index contributed by atoms with van der Waals surface area (Å²) in [6.45, 7) is 6.22. The summed E-state index contributed by atoms with van der Waals surface area (Å²) in [4.78, 5) is 26.2. The molecule has 1 aromatic carbocycles. The lowest BCUT2D eigenvalue weighted by atomic mass is 10.2. The Morgan fingerprint density at radius 3 is 2.50 bits per heavy atom. The Morgan fingerprint density at radius 2 is 1.83 bits per heavy atom. The summed E-state index contributed by atoms with van der Waals surface area (Å²) in [5.74, 6) is -2.59. The molecule has 2 fully saturated rings. The van der Waals surface area contributed by atoms with E-state index in [0.717, 1.165) is 25.3 Å². The van der Waals surface area contributed by atoms with E-state index in [1.807, 2.05) is 18.2 Å². The van der Waals surface area contributed by atoms with Gasteiger partial charge in [0, 0.05) is 32.3 Å². The minimum Gasteiger partial charge on any atom is -0.419 e. The summed E-state index contributed by atoms with van der Waals surface area (Å²) in [5.41, 5.74) is 1.86. The number of cyclic esters (lactones) is 2. The van der Waals surface area contributed by atoms with Crippen molar-refractivity contribution >= 4 is 17.6 Å². The molecule has 0 saturated carbocycles. The van der Waals surface area contributed by atoms with Crippen molar-refractivity contribution in [1.29, 1.82) is 0 Å². The third-order valence-corrected chi connectivity index (χ3v) is 4.03. The van der Waals surface area contributed by atoms with Gasteiger partial charge in [-0.1, -0.05) is 12.1 Å². The molecule has 0 bridgehead atoms. The molecule has 0 unspecified atom stereocenters. The molecule has 2 aliphatic heterocycles. The number of carbonyl (C=O) groups excluding carboxylic acids is 2. The van der Waals surface area contributed by atoms with Gasteiger partial charge in [0.25, 0.3) is 5.79 Å². The number of esters is 2. The van der Waals surface area contributed by atoms with Gasteiger partial charge in [-0.25, -0.2) is 9.59 Å². The number of anilines is 1. The fourth-order valence-electron chi connectivity index (χ4n) is 2.89. The molecular weight excluding hydrogens is 308 g/mol. The maximum absolute atomic E-state index is 11.9. The molecule has 0 aliphatic carbocycles. The van der Waals surface area contributed by atoms with Gasteiger partial charge in [-0.3, -0.25) is 4.90 Å². The topological polar surface area (TPSA) is 67.9 Å². The van der Waals surface area contributed by atoms with Crippen molar-refractivity contribution in [2.45, 2.75) is 39.0 Å². The Balaban J connectivity index is 1.67. The van der Waals surface area contributed by atoms with Crippen molar-refractivity contribution in [3.8, 4) is 0 Å². The second-order valence-electron chi connectivity index (χ2n) is 6.56. The Hall–Kier alpha value is -2.34. The molecule has 3 rings (SSSR count). The fourth-order valence-corrected chi connectivity index (χ4v) is 2.89. The van der Waals surface area contributed by atoms with Crippen LogP contribution in [0, 0.1) is 0 Å².